The number of nitrogens with one attached hydrogen (secondary N) is 1. The molecule has 6 nitrogen and oxygen atoms in total. The molecular formula is C31H41N3O3. The highest BCUT2D eigenvalue weighted by Crippen LogP contribution is 2.27. The standard InChI is InChI=1S/C31H41N3O3/c1-9-12-31(32-26-14-11-15-27(19-26)37-8)33(6)20-25-13-10-16-28(29(25)21-35)23(4)34(7)30(24(5)36)18-17-22(2)3/h10-16,19,21,30,32H,2,4,9,17-18,20H2,1,3,5-8H3. The van der Waals surface area contributed by atoms with Crippen molar-refractivity contribution in [1.82, 2.24) is 9.80 Å². The van der Waals surface area contributed by atoms with E-state index in [0.717, 1.165) is 53.1 Å². The summed E-state index contributed by atoms with van der Waals surface area (Å²) in [5, 5.41) is 3.47. The highest BCUT2D eigenvalue weighted by Gasteiger charge is 2.23. The minimum atomic E-state index is -0.332. The van der Waals surface area contributed by atoms with Crippen molar-refractivity contribution in [2.45, 2.75) is 52.6 Å². The third-order valence-electron chi connectivity index (χ3n) is 6.39. The summed E-state index contributed by atoms with van der Waals surface area (Å²) >= 11 is 0. The molecule has 0 aliphatic rings. The number of hydrogen-bond acceptors (Lipinski definition) is 6. The lowest BCUT2D eigenvalue weighted by molar-refractivity contribution is -0.120. The van der Waals surface area contributed by atoms with E-state index in [9.17, 15) is 9.59 Å². The molecule has 198 valence electrons. The Morgan fingerprint density at radius 1 is 1.14 bits per heavy atom. The van der Waals surface area contributed by atoms with Crippen molar-refractivity contribution < 1.29 is 14.3 Å². The Kier molecular flexibility index (Phi) is 11.2. The molecule has 6 heteroatoms. The van der Waals surface area contributed by atoms with Crippen LogP contribution in [0.1, 0.15) is 61.5 Å². The van der Waals surface area contributed by atoms with Gasteiger partial charge in [0.15, 0.2) is 12.1 Å². The molecule has 1 atom stereocenters. The van der Waals surface area contributed by atoms with E-state index in [1.54, 1.807) is 14.0 Å². The van der Waals surface area contributed by atoms with Gasteiger partial charge in [0.05, 0.1) is 13.2 Å². The fraction of sp³-hybridized carbons (Fsp3) is 0.355. The van der Waals surface area contributed by atoms with Crippen molar-refractivity contribution in [3.8, 4) is 5.75 Å². The molecule has 0 saturated carbocycles. The molecule has 0 spiro atoms. The van der Waals surface area contributed by atoms with Crippen LogP contribution in [0.15, 0.2) is 73.1 Å². The molecule has 2 aromatic carbocycles. The number of benzene rings is 2. The number of methoxy groups -OCH3 is 1. The molecule has 0 saturated heterocycles. The van der Waals surface area contributed by atoms with Gasteiger partial charge in [-0.2, -0.15) is 0 Å². The molecule has 0 heterocycles. The smallest absolute Gasteiger partial charge is 0.152 e. The lowest BCUT2D eigenvalue weighted by atomic mass is 9.97. The highest BCUT2D eigenvalue weighted by molar-refractivity contribution is 5.88. The van der Waals surface area contributed by atoms with Crippen molar-refractivity contribution in [3.05, 3.63) is 89.8 Å². The zero-order valence-electron chi connectivity index (χ0n) is 23.1. The number of ketones is 1. The summed E-state index contributed by atoms with van der Waals surface area (Å²) in [4.78, 5) is 28.7. The average Bonchev–Trinajstić information content (AvgIpc) is 2.87. The van der Waals surface area contributed by atoms with Crippen molar-refractivity contribution in [2.24, 2.45) is 0 Å². The lowest BCUT2D eigenvalue weighted by Gasteiger charge is -2.31. The number of allylic oxidation sites excluding steroid dienone is 2. The van der Waals surface area contributed by atoms with Gasteiger partial charge >= 0.3 is 0 Å². The first-order valence-electron chi connectivity index (χ1n) is 12.6. The molecule has 1 N–H and O–H groups in total. The van der Waals surface area contributed by atoms with Crippen LogP contribution in [0.25, 0.3) is 5.70 Å². The van der Waals surface area contributed by atoms with Gasteiger partial charge in [-0.15, -0.1) is 6.58 Å². The number of carbonyl (C=O) groups excluding carboxylic acids is 2. The van der Waals surface area contributed by atoms with E-state index in [4.69, 9.17) is 4.74 Å². The van der Waals surface area contributed by atoms with E-state index < -0.39 is 0 Å². The molecule has 0 aromatic heterocycles. The molecule has 0 aliphatic carbocycles. The van der Waals surface area contributed by atoms with Crippen molar-refractivity contribution in [2.75, 3.05) is 26.5 Å². The lowest BCUT2D eigenvalue weighted by Crippen LogP contribution is -2.36. The van der Waals surface area contributed by atoms with Crippen molar-refractivity contribution >= 4 is 23.5 Å². The molecule has 0 aliphatic heterocycles. The molecule has 2 rings (SSSR count). The number of carbonyl (C=O) groups is 2. The summed E-state index contributed by atoms with van der Waals surface area (Å²) in [7, 11) is 5.49. The maximum atomic E-state index is 12.4. The molecule has 37 heavy (non-hydrogen) atoms. The van der Waals surface area contributed by atoms with E-state index in [1.807, 2.05) is 68.4 Å². The van der Waals surface area contributed by atoms with Crippen LogP contribution in [0.5, 0.6) is 5.75 Å². The van der Waals surface area contributed by atoms with E-state index in [-0.39, 0.29) is 11.8 Å². The molecular weight excluding hydrogens is 462 g/mol. The number of ether oxygens (including phenoxy) is 1. The van der Waals surface area contributed by atoms with Gasteiger partial charge in [0.25, 0.3) is 0 Å². The SMILES string of the molecule is C=C(C)CCC(C(C)=O)N(C)C(=C)c1cccc(CN(C)C(=CCC)Nc2cccc(OC)c2)c1C=O. The Morgan fingerprint density at radius 2 is 1.84 bits per heavy atom. The van der Waals surface area contributed by atoms with Crippen LogP contribution in [-0.2, 0) is 11.3 Å². The fourth-order valence-electron chi connectivity index (χ4n) is 4.26. The Bertz CT molecular complexity index is 1150. The molecule has 2 aromatic rings. The Balaban J connectivity index is 2.32. The maximum absolute atomic E-state index is 12.4. The van der Waals surface area contributed by atoms with Gasteiger partial charge in [-0.05, 0) is 56.9 Å². The second kappa shape index (κ2) is 14.1. The summed E-state index contributed by atoms with van der Waals surface area (Å²) in [5.74, 6) is 1.76. The third kappa shape index (κ3) is 8.10. The Labute approximate surface area is 222 Å². The number of hydrogen-bond donors (Lipinski definition) is 1. The first kappa shape index (κ1) is 29.4. The topological polar surface area (TPSA) is 61.9 Å². The first-order valence-corrected chi connectivity index (χ1v) is 12.6. The van der Waals surface area contributed by atoms with Crippen LogP contribution in [0.3, 0.4) is 0 Å². The minimum Gasteiger partial charge on any atom is -0.497 e. The van der Waals surface area contributed by atoms with E-state index in [0.29, 0.717) is 24.2 Å². The first-order chi connectivity index (χ1) is 17.6. The molecule has 0 fully saturated rings. The fourth-order valence-corrected chi connectivity index (χ4v) is 4.26. The molecule has 1 unspecified atom stereocenters. The summed E-state index contributed by atoms with van der Waals surface area (Å²) in [6.07, 6.45) is 5.23. The van der Waals surface area contributed by atoms with Gasteiger partial charge < -0.3 is 19.9 Å². The van der Waals surface area contributed by atoms with Gasteiger partial charge in [0.1, 0.15) is 11.6 Å². The van der Waals surface area contributed by atoms with Crippen LogP contribution in [0.2, 0.25) is 0 Å². The maximum Gasteiger partial charge on any atom is 0.152 e. The predicted molar refractivity (Wildman–Crippen MR) is 154 cm³/mol. The zero-order chi connectivity index (χ0) is 27.5. The van der Waals surface area contributed by atoms with Crippen LogP contribution in [0, 0.1) is 0 Å². The molecule has 0 bridgehead atoms. The van der Waals surface area contributed by atoms with Crippen molar-refractivity contribution in [1.29, 1.82) is 0 Å². The number of aldehydes is 1. The quantitative estimate of drug-likeness (QED) is 0.221. The number of likely N-dealkylation sites (N-methyl/N-ethyl adjacent to an activating group) is 1. The number of Topliss-reactive ketones (excluding diaryl/α,β-unsaturated/α-hetero) is 1. The average molecular weight is 504 g/mol. The number of nitrogens with zero attached hydrogens (tertiary/aromatic N) is 2. The van der Waals surface area contributed by atoms with Crippen LogP contribution in [0.4, 0.5) is 5.69 Å². The second-order valence-corrected chi connectivity index (χ2v) is 9.39. The normalized spacial score (nSPS) is 11.9. The van der Waals surface area contributed by atoms with Crippen LogP contribution < -0.4 is 10.1 Å². The summed E-state index contributed by atoms with van der Waals surface area (Å²) < 4.78 is 5.35. The van der Waals surface area contributed by atoms with E-state index >= 15 is 0 Å². The largest absolute Gasteiger partial charge is 0.497 e. The van der Waals surface area contributed by atoms with E-state index in [1.165, 1.54) is 0 Å². The Hall–Kier alpha value is -3.80. The highest BCUT2D eigenvalue weighted by atomic mass is 16.5. The predicted octanol–water partition coefficient (Wildman–Crippen LogP) is 6.52. The number of anilines is 1. The third-order valence-corrected chi connectivity index (χ3v) is 6.39. The van der Waals surface area contributed by atoms with Gasteiger partial charge in [-0.25, -0.2) is 0 Å². The van der Waals surface area contributed by atoms with Gasteiger partial charge in [0.2, 0.25) is 0 Å². The Morgan fingerprint density at radius 3 is 2.43 bits per heavy atom. The monoisotopic (exact) mass is 503 g/mol. The summed E-state index contributed by atoms with van der Waals surface area (Å²) in [6.45, 7) is 14.4. The molecule has 0 radical (unpaired) electrons. The second-order valence-electron chi connectivity index (χ2n) is 9.39. The summed E-state index contributed by atoms with van der Waals surface area (Å²) in [5.41, 5.74) is 4.77. The minimum absolute atomic E-state index is 0.0615. The molecule has 0 amide bonds. The van der Waals surface area contributed by atoms with Gasteiger partial charge in [-0.1, -0.05) is 43.3 Å². The van der Waals surface area contributed by atoms with Gasteiger partial charge in [0, 0.05) is 49.2 Å². The van der Waals surface area contributed by atoms with E-state index in [2.05, 4.69) is 36.4 Å². The van der Waals surface area contributed by atoms with Crippen molar-refractivity contribution in [3.63, 3.8) is 0 Å². The van der Waals surface area contributed by atoms with Crippen LogP contribution >= 0.6 is 0 Å². The van der Waals surface area contributed by atoms with Crippen LogP contribution in [-0.4, -0.2) is 49.1 Å². The summed E-state index contributed by atoms with van der Waals surface area (Å²) in [6, 6.07) is 13.2. The zero-order valence-corrected chi connectivity index (χ0v) is 23.1. The number of rotatable bonds is 15. The van der Waals surface area contributed by atoms with Gasteiger partial charge in [-0.3, -0.25) is 9.59 Å².